The first-order chi connectivity index (χ1) is 11.3. The lowest BCUT2D eigenvalue weighted by Crippen LogP contribution is -2.11. The second kappa shape index (κ2) is 7.81. The summed E-state index contributed by atoms with van der Waals surface area (Å²) in [5.74, 6) is 0.299. The molecule has 0 amide bonds. The number of rotatable bonds is 7. The molecule has 7 heteroatoms. The molecule has 0 aromatic heterocycles. The van der Waals surface area contributed by atoms with Gasteiger partial charge in [-0.1, -0.05) is 37.3 Å². The number of hydrogen-bond acceptors (Lipinski definition) is 4. The van der Waals surface area contributed by atoms with Crippen molar-refractivity contribution in [2.24, 2.45) is 0 Å². The number of benzene rings is 2. The third-order valence-corrected chi connectivity index (χ3v) is 4.63. The van der Waals surface area contributed by atoms with E-state index in [9.17, 15) is 13.2 Å². The number of halogens is 1. The summed E-state index contributed by atoms with van der Waals surface area (Å²) in [5.41, 5.74) is 1.64. The number of anilines is 1. The largest absolute Gasteiger partial charge is 0.488 e. The molecule has 128 valence electrons. The summed E-state index contributed by atoms with van der Waals surface area (Å²) >= 11 is 3.39. The van der Waals surface area contributed by atoms with Gasteiger partial charge in [-0.2, -0.15) is 0 Å². The zero-order chi connectivity index (χ0) is 17.7. The summed E-state index contributed by atoms with van der Waals surface area (Å²) in [6.07, 6.45) is 1.36. The van der Waals surface area contributed by atoms with E-state index in [0.29, 0.717) is 34.5 Å². The number of sulfonamides is 1. The maximum atomic E-state index is 12.1. The van der Waals surface area contributed by atoms with Crippen molar-refractivity contribution in [3.8, 4) is 5.75 Å². The van der Waals surface area contributed by atoms with E-state index < -0.39 is 10.0 Å². The molecule has 0 aliphatic rings. The summed E-state index contributed by atoms with van der Waals surface area (Å²) < 4.78 is 31.6. The fourth-order valence-corrected chi connectivity index (χ4v) is 3.22. The van der Waals surface area contributed by atoms with Gasteiger partial charge in [0.05, 0.1) is 16.4 Å². The second-order valence-corrected chi connectivity index (χ2v) is 7.80. The third-order valence-electron chi connectivity index (χ3n) is 3.20. The minimum absolute atomic E-state index is 0.108. The van der Waals surface area contributed by atoms with E-state index in [2.05, 4.69) is 20.7 Å². The monoisotopic (exact) mass is 411 g/mol. The Hall–Kier alpha value is -1.86. The Morgan fingerprint density at radius 2 is 1.88 bits per heavy atom. The van der Waals surface area contributed by atoms with Crippen LogP contribution in [-0.2, 0) is 16.6 Å². The lowest BCUT2D eigenvalue weighted by atomic mass is 10.1. The summed E-state index contributed by atoms with van der Waals surface area (Å²) in [4.78, 5) is 12.1. The van der Waals surface area contributed by atoms with Crippen LogP contribution in [-0.4, -0.2) is 20.5 Å². The van der Waals surface area contributed by atoms with Crippen molar-refractivity contribution in [2.75, 3.05) is 11.0 Å². The summed E-state index contributed by atoms with van der Waals surface area (Å²) in [6.45, 7) is 2.05. The van der Waals surface area contributed by atoms with Crippen LogP contribution in [0.1, 0.15) is 29.3 Å². The molecule has 2 aromatic carbocycles. The maximum absolute atomic E-state index is 12.1. The number of hydrogen-bond donors (Lipinski definition) is 1. The fraction of sp³-hybridized carbons (Fsp3) is 0.235. The molecule has 0 heterocycles. The minimum atomic E-state index is -3.46. The van der Waals surface area contributed by atoms with Crippen LogP contribution in [0.2, 0.25) is 0 Å². The molecule has 0 fully saturated rings. The molecule has 24 heavy (non-hydrogen) atoms. The summed E-state index contributed by atoms with van der Waals surface area (Å²) in [7, 11) is -3.46. The van der Waals surface area contributed by atoms with Gasteiger partial charge in [-0.25, -0.2) is 8.42 Å². The highest BCUT2D eigenvalue weighted by Gasteiger charge is 2.16. The van der Waals surface area contributed by atoms with Crippen LogP contribution in [0, 0.1) is 0 Å². The number of ketones is 1. The maximum Gasteiger partial charge on any atom is 0.229 e. The Morgan fingerprint density at radius 1 is 1.21 bits per heavy atom. The van der Waals surface area contributed by atoms with Gasteiger partial charge in [0, 0.05) is 18.1 Å². The highest BCUT2D eigenvalue weighted by atomic mass is 79.9. The molecule has 0 unspecified atom stereocenters. The molecular weight excluding hydrogens is 394 g/mol. The van der Waals surface area contributed by atoms with Crippen LogP contribution in [0.5, 0.6) is 5.75 Å². The van der Waals surface area contributed by atoms with E-state index in [0.717, 1.165) is 11.8 Å². The molecule has 2 aromatic rings. The van der Waals surface area contributed by atoms with E-state index in [-0.39, 0.29) is 5.78 Å². The van der Waals surface area contributed by atoms with Gasteiger partial charge in [-0.05, 0) is 27.6 Å². The van der Waals surface area contributed by atoms with E-state index in [1.807, 2.05) is 30.3 Å². The van der Waals surface area contributed by atoms with Crippen molar-refractivity contribution in [3.63, 3.8) is 0 Å². The standard InChI is InChI=1S/C17H18BrNO4S/c1-3-15(20)14-9-13(19-24(2,21)22)10-16(17(14)18)23-11-12-7-5-4-6-8-12/h4-10,19H,3,11H2,1-2H3. The molecule has 2 rings (SSSR count). The summed E-state index contributed by atoms with van der Waals surface area (Å²) in [5, 5.41) is 0. The van der Waals surface area contributed by atoms with Gasteiger partial charge in [-0.15, -0.1) is 0 Å². The minimum Gasteiger partial charge on any atom is -0.488 e. The van der Waals surface area contributed by atoms with Crippen molar-refractivity contribution in [2.45, 2.75) is 20.0 Å². The van der Waals surface area contributed by atoms with E-state index in [1.54, 1.807) is 13.0 Å². The van der Waals surface area contributed by atoms with Gasteiger partial charge in [0.2, 0.25) is 10.0 Å². The molecule has 0 saturated heterocycles. The van der Waals surface area contributed by atoms with Crippen LogP contribution < -0.4 is 9.46 Å². The van der Waals surface area contributed by atoms with Crippen LogP contribution in [0.25, 0.3) is 0 Å². The molecule has 1 N–H and O–H groups in total. The first-order valence-electron chi connectivity index (χ1n) is 7.31. The topological polar surface area (TPSA) is 72.5 Å². The number of nitrogens with one attached hydrogen (secondary N) is 1. The molecule has 0 aliphatic heterocycles. The van der Waals surface area contributed by atoms with Gasteiger partial charge in [0.25, 0.3) is 0 Å². The average molecular weight is 412 g/mol. The first-order valence-corrected chi connectivity index (χ1v) is 10.00. The third kappa shape index (κ3) is 5.07. The summed E-state index contributed by atoms with van der Waals surface area (Å²) in [6, 6.07) is 12.6. The molecule has 5 nitrogen and oxygen atoms in total. The van der Waals surface area contributed by atoms with Gasteiger partial charge in [0.15, 0.2) is 5.78 Å². The SMILES string of the molecule is CCC(=O)c1cc(NS(C)(=O)=O)cc(OCc2ccccc2)c1Br. The van der Waals surface area contributed by atoms with Crippen LogP contribution in [0.4, 0.5) is 5.69 Å². The highest BCUT2D eigenvalue weighted by Crippen LogP contribution is 2.34. The van der Waals surface area contributed by atoms with E-state index >= 15 is 0 Å². The average Bonchev–Trinajstić information content (AvgIpc) is 2.54. The molecule has 0 bridgehead atoms. The zero-order valence-electron chi connectivity index (χ0n) is 13.4. The number of ether oxygens (including phenoxy) is 1. The molecule has 0 aliphatic carbocycles. The van der Waals surface area contributed by atoms with Crippen molar-refractivity contribution < 1.29 is 17.9 Å². The fourth-order valence-electron chi connectivity index (χ4n) is 2.10. The Kier molecular flexibility index (Phi) is 6.01. The first kappa shape index (κ1) is 18.5. The Balaban J connectivity index is 2.37. The van der Waals surface area contributed by atoms with E-state index in [4.69, 9.17) is 4.74 Å². The van der Waals surface area contributed by atoms with Gasteiger partial charge < -0.3 is 4.74 Å². The van der Waals surface area contributed by atoms with E-state index in [1.165, 1.54) is 6.07 Å². The van der Waals surface area contributed by atoms with Gasteiger partial charge in [-0.3, -0.25) is 9.52 Å². The number of carbonyl (C=O) groups excluding carboxylic acids is 1. The molecule has 0 atom stereocenters. The Labute approximate surface area is 150 Å². The quantitative estimate of drug-likeness (QED) is 0.698. The lowest BCUT2D eigenvalue weighted by Gasteiger charge is -2.14. The highest BCUT2D eigenvalue weighted by molar-refractivity contribution is 9.10. The lowest BCUT2D eigenvalue weighted by molar-refractivity contribution is 0.0987. The Morgan fingerprint density at radius 3 is 2.46 bits per heavy atom. The zero-order valence-corrected chi connectivity index (χ0v) is 15.8. The number of Topliss-reactive ketones (excluding diaryl/α,β-unsaturated/α-hetero) is 1. The second-order valence-electron chi connectivity index (χ2n) is 5.26. The molecule has 0 spiro atoms. The number of carbonyl (C=O) groups is 1. The van der Waals surface area contributed by atoms with Crippen molar-refractivity contribution in [3.05, 3.63) is 58.1 Å². The van der Waals surface area contributed by atoms with Crippen molar-refractivity contribution in [1.29, 1.82) is 0 Å². The smallest absolute Gasteiger partial charge is 0.229 e. The van der Waals surface area contributed by atoms with Gasteiger partial charge >= 0.3 is 0 Å². The molecule has 0 radical (unpaired) electrons. The predicted molar refractivity (Wildman–Crippen MR) is 98.0 cm³/mol. The molecular formula is C17H18BrNO4S. The van der Waals surface area contributed by atoms with Crippen molar-refractivity contribution in [1.82, 2.24) is 0 Å². The van der Waals surface area contributed by atoms with Gasteiger partial charge in [0.1, 0.15) is 12.4 Å². The van der Waals surface area contributed by atoms with Crippen LogP contribution in [0.15, 0.2) is 46.9 Å². The van der Waals surface area contributed by atoms with Crippen LogP contribution in [0.3, 0.4) is 0 Å². The normalized spacial score (nSPS) is 11.1. The van der Waals surface area contributed by atoms with Crippen molar-refractivity contribution >= 4 is 37.4 Å². The molecule has 0 saturated carbocycles. The Bertz CT molecular complexity index is 835. The predicted octanol–water partition coefficient (Wildman–Crippen LogP) is 3.99. The van der Waals surface area contributed by atoms with Crippen LogP contribution >= 0.6 is 15.9 Å².